The van der Waals surface area contributed by atoms with Crippen LogP contribution < -0.4 is 10.1 Å². The molecule has 0 unspecified atom stereocenters. The van der Waals surface area contributed by atoms with Crippen molar-refractivity contribution < 1.29 is 14.3 Å². The summed E-state index contributed by atoms with van der Waals surface area (Å²) in [5.41, 5.74) is 1.45. The molecule has 0 fully saturated rings. The molecule has 0 atom stereocenters. The SMILES string of the molecule is CCCCNc1ccc(C(=O)OCCN(CC)CC)c(OCC)c1. The van der Waals surface area contributed by atoms with Crippen molar-refractivity contribution in [3.05, 3.63) is 23.8 Å². The predicted octanol–water partition coefficient (Wildman–Crippen LogP) is 3.80. The van der Waals surface area contributed by atoms with Crippen molar-refractivity contribution in [2.24, 2.45) is 0 Å². The number of ether oxygens (including phenoxy) is 2. The first kappa shape index (κ1) is 20.3. The monoisotopic (exact) mass is 336 g/mol. The summed E-state index contributed by atoms with van der Waals surface area (Å²) in [6, 6.07) is 5.55. The molecule has 5 heteroatoms. The molecule has 0 spiro atoms. The largest absolute Gasteiger partial charge is 0.493 e. The Morgan fingerprint density at radius 3 is 2.54 bits per heavy atom. The Kier molecular flexibility index (Phi) is 9.92. The van der Waals surface area contributed by atoms with Crippen LogP contribution in [-0.2, 0) is 4.74 Å². The molecule has 5 nitrogen and oxygen atoms in total. The van der Waals surface area contributed by atoms with Gasteiger partial charge in [-0.2, -0.15) is 0 Å². The minimum absolute atomic E-state index is 0.328. The summed E-state index contributed by atoms with van der Waals surface area (Å²) in [5, 5.41) is 3.35. The normalized spacial score (nSPS) is 10.7. The van der Waals surface area contributed by atoms with Gasteiger partial charge in [-0.25, -0.2) is 4.79 Å². The first-order chi connectivity index (χ1) is 11.7. The van der Waals surface area contributed by atoms with Crippen molar-refractivity contribution in [3.8, 4) is 5.75 Å². The Labute approximate surface area is 146 Å². The van der Waals surface area contributed by atoms with Gasteiger partial charge in [0, 0.05) is 24.8 Å². The van der Waals surface area contributed by atoms with Crippen LogP contribution in [0.3, 0.4) is 0 Å². The van der Waals surface area contributed by atoms with E-state index in [1.54, 1.807) is 6.07 Å². The number of hydrogen-bond donors (Lipinski definition) is 1. The highest BCUT2D eigenvalue weighted by Gasteiger charge is 2.15. The van der Waals surface area contributed by atoms with Crippen LogP contribution in [-0.4, -0.2) is 50.3 Å². The number of benzene rings is 1. The summed E-state index contributed by atoms with van der Waals surface area (Å²) in [5.74, 6) is 0.248. The van der Waals surface area contributed by atoms with E-state index in [1.807, 2.05) is 19.1 Å². The molecule has 136 valence electrons. The smallest absolute Gasteiger partial charge is 0.341 e. The fourth-order valence-corrected chi connectivity index (χ4v) is 2.37. The maximum atomic E-state index is 12.3. The molecule has 1 aromatic carbocycles. The number of carbonyl (C=O) groups excluding carboxylic acids is 1. The molecule has 24 heavy (non-hydrogen) atoms. The van der Waals surface area contributed by atoms with Crippen molar-refractivity contribution >= 4 is 11.7 Å². The summed E-state index contributed by atoms with van der Waals surface area (Å²) in [7, 11) is 0. The van der Waals surface area contributed by atoms with Crippen LogP contribution in [0.1, 0.15) is 50.9 Å². The minimum atomic E-state index is -0.328. The zero-order valence-electron chi connectivity index (χ0n) is 15.6. The van der Waals surface area contributed by atoms with E-state index in [9.17, 15) is 4.79 Å². The third-order valence-corrected chi connectivity index (χ3v) is 3.90. The maximum Gasteiger partial charge on any atom is 0.341 e. The van der Waals surface area contributed by atoms with Gasteiger partial charge in [0.1, 0.15) is 17.9 Å². The summed E-state index contributed by atoms with van der Waals surface area (Å²) >= 11 is 0. The minimum Gasteiger partial charge on any atom is -0.493 e. The number of likely N-dealkylation sites (N-methyl/N-ethyl adjacent to an activating group) is 1. The van der Waals surface area contributed by atoms with Crippen LogP contribution >= 0.6 is 0 Å². The van der Waals surface area contributed by atoms with E-state index in [4.69, 9.17) is 9.47 Å². The zero-order chi connectivity index (χ0) is 17.8. The summed E-state index contributed by atoms with van der Waals surface area (Å²) in [6.07, 6.45) is 2.25. The first-order valence-electron chi connectivity index (χ1n) is 9.06. The molecule has 0 saturated heterocycles. The predicted molar refractivity (Wildman–Crippen MR) is 99.1 cm³/mol. The van der Waals surface area contributed by atoms with Crippen molar-refractivity contribution in [2.75, 3.05) is 44.7 Å². The number of anilines is 1. The number of rotatable bonds is 12. The summed E-state index contributed by atoms with van der Waals surface area (Å²) in [4.78, 5) is 14.5. The average Bonchev–Trinajstić information content (AvgIpc) is 2.59. The van der Waals surface area contributed by atoms with Crippen LogP contribution in [0.4, 0.5) is 5.69 Å². The van der Waals surface area contributed by atoms with E-state index in [0.717, 1.165) is 44.7 Å². The number of nitrogens with zero attached hydrogens (tertiary/aromatic N) is 1. The van der Waals surface area contributed by atoms with Gasteiger partial charge in [0.05, 0.1) is 6.61 Å². The van der Waals surface area contributed by atoms with E-state index in [0.29, 0.717) is 24.5 Å². The second-order valence-corrected chi connectivity index (χ2v) is 5.59. The average molecular weight is 336 g/mol. The molecule has 0 bridgehead atoms. The standard InChI is InChI=1S/C19H32N2O3/c1-5-9-12-20-16-10-11-17(18(15-16)23-8-4)19(22)24-14-13-21(6-2)7-3/h10-11,15,20H,5-9,12-14H2,1-4H3. The van der Waals surface area contributed by atoms with Gasteiger partial charge in [-0.1, -0.05) is 27.2 Å². The van der Waals surface area contributed by atoms with Crippen molar-refractivity contribution in [1.82, 2.24) is 4.90 Å². The summed E-state index contributed by atoms with van der Waals surface area (Å²) < 4.78 is 11.0. The fourth-order valence-electron chi connectivity index (χ4n) is 2.37. The molecule has 1 aromatic rings. The van der Waals surface area contributed by atoms with Crippen LogP contribution in [0.5, 0.6) is 5.75 Å². The lowest BCUT2D eigenvalue weighted by molar-refractivity contribution is 0.0462. The second-order valence-electron chi connectivity index (χ2n) is 5.59. The Morgan fingerprint density at radius 1 is 1.17 bits per heavy atom. The molecule has 0 heterocycles. The van der Waals surface area contributed by atoms with E-state index >= 15 is 0 Å². The lowest BCUT2D eigenvalue weighted by atomic mass is 10.1. The zero-order valence-corrected chi connectivity index (χ0v) is 15.6. The molecule has 1 rings (SSSR count). The van der Waals surface area contributed by atoms with Crippen molar-refractivity contribution in [3.63, 3.8) is 0 Å². The highest BCUT2D eigenvalue weighted by Crippen LogP contribution is 2.24. The number of esters is 1. The number of nitrogens with one attached hydrogen (secondary N) is 1. The van der Waals surface area contributed by atoms with Gasteiger partial charge in [0.2, 0.25) is 0 Å². The first-order valence-corrected chi connectivity index (χ1v) is 9.06. The van der Waals surface area contributed by atoms with Crippen LogP contribution in [0, 0.1) is 0 Å². The van der Waals surface area contributed by atoms with Gasteiger partial charge in [0.15, 0.2) is 0 Å². The van der Waals surface area contributed by atoms with Gasteiger partial charge in [-0.05, 0) is 38.6 Å². The van der Waals surface area contributed by atoms with E-state index in [1.165, 1.54) is 0 Å². The van der Waals surface area contributed by atoms with Crippen LogP contribution in [0.25, 0.3) is 0 Å². The molecule has 0 aliphatic carbocycles. The Balaban J connectivity index is 2.68. The lowest BCUT2D eigenvalue weighted by Gasteiger charge is -2.18. The molecular formula is C19H32N2O3. The molecule has 0 aromatic heterocycles. The molecule has 1 N–H and O–H groups in total. The number of carbonyl (C=O) groups is 1. The fraction of sp³-hybridized carbons (Fsp3) is 0.632. The molecule has 0 saturated carbocycles. The number of unbranched alkanes of at least 4 members (excludes halogenated alkanes) is 1. The van der Waals surface area contributed by atoms with E-state index in [-0.39, 0.29) is 5.97 Å². The Hall–Kier alpha value is -1.75. The van der Waals surface area contributed by atoms with Crippen molar-refractivity contribution in [1.29, 1.82) is 0 Å². The van der Waals surface area contributed by atoms with Gasteiger partial charge in [-0.3, -0.25) is 0 Å². The molecule has 0 aliphatic rings. The second kappa shape index (κ2) is 11.7. The van der Waals surface area contributed by atoms with Gasteiger partial charge in [-0.15, -0.1) is 0 Å². The van der Waals surface area contributed by atoms with Crippen LogP contribution in [0.2, 0.25) is 0 Å². The summed E-state index contributed by atoms with van der Waals surface area (Å²) in [6.45, 7) is 12.7. The molecular weight excluding hydrogens is 304 g/mol. The highest BCUT2D eigenvalue weighted by molar-refractivity contribution is 5.93. The Morgan fingerprint density at radius 2 is 1.92 bits per heavy atom. The van der Waals surface area contributed by atoms with E-state index in [2.05, 4.69) is 31.0 Å². The molecule has 0 amide bonds. The van der Waals surface area contributed by atoms with Gasteiger partial charge in [0.25, 0.3) is 0 Å². The van der Waals surface area contributed by atoms with Gasteiger partial charge >= 0.3 is 5.97 Å². The van der Waals surface area contributed by atoms with Crippen LogP contribution in [0.15, 0.2) is 18.2 Å². The maximum absolute atomic E-state index is 12.3. The van der Waals surface area contributed by atoms with E-state index < -0.39 is 0 Å². The molecule has 0 radical (unpaired) electrons. The third kappa shape index (κ3) is 6.79. The molecule has 0 aliphatic heterocycles. The third-order valence-electron chi connectivity index (χ3n) is 3.90. The van der Waals surface area contributed by atoms with Gasteiger partial charge < -0.3 is 19.7 Å². The lowest BCUT2D eigenvalue weighted by Crippen LogP contribution is -2.28. The topological polar surface area (TPSA) is 50.8 Å². The van der Waals surface area contributed by atoms with Crippen molar-refractivity contribution in [2.45, 2.75) is 40.5 Å². The number of hydrogen-bond acceptors (Lipinski definition) is 5. The quantitative estimate of drug-likeness (QED) is 0.465. The Bertz CT molecular complexity index is 488. The highest BCUT2D eigenvalue weighted by atomic mass is 16.5.